The van der Waals surface area contributed by atoms with Crippen molar-refractivity contribution in [3.8, 4) is 12.3 Å². The van der Waals surface area contributed by atoms with Crippen molar-refractivity contribution in [3.05, 3.63) is 53.7 Å². The third kappa shape index (κ3) is 4.01. The zero-order valence-corrected chi connectivity index (χ0v) is 18.6. The molecule has 1 amide bonds. The van der Waals surface area contributed by atoms with Crippen molar-refractivity contribution in [2.24, 2.45) is 11.3 Å². The second kappa shape index (κ2) is 8.07. The van der Waals surface area contributed by atoms with Gasteiger partial charge in [-0.3, -0.25) is 4.79 Å². The molecule has 1 saturated carbocycles. The summed E-state index contributed by atoms with van der Waals surface area (Å²) in [5.41, 5.74) is 1.95. The Labute approximate surface area is 192 Å². The first-order chi connectivity index (χ1) is 15.5. The monoisotopic (exact) mass is 445 g/mol. The van der Waals surface area contributed by atoms with Gasteiger partial charge in [-0.15, -0.1) is 12.3 Å². The number of carbonyl (C=O) groups is 1. The van der Waals surface area contributed by atoms with Crippen LogP contribution in [0.3, 0.4) is 0 Å². The smallest absolute Gasteiger partial charge is 0.229 e. The number of halogens is 1. The molecule has 5 rings (SSSR count). The normalized spacial score (nSPS) is 21.7. The minimum Gasteiger partial charge on any atom is -0.370 e. The largest absolute Gasteiger partial charge is 0.370 e. The first-order valence-electron chi connectivity index (χ1n) is 10.8. The summed E-state index contributed by atoms with van der Waals surface area (Å²) in [6, 6.07) is 5.92. The number of pyridine rings is 1. The molecule has 1 aliphatic carbocycles. The van der Waals surface area contributed by atoms with Crippen molar-refractivity contribution in [1.29, 1.82) is 0 Å². The van der Waals surface area contributed by atoms with E-state index in [0.29, 0.717) is 10.8 Å². The Morgan fingerprint density at radius 2 is 1.94 bits per heavy atom. The van der Waals surface area contributed by atoms with Gasteiger partial charge in [-0.1, -0.05) is 11.6 Å². The number of carbonyl (C=O) groups excluding carboxylic acids is 1. The van der Waals surface area contributed by atoms with Crippen LogP contribution in [-0.2, 0) is 4.79 Å². The number of aromatic nitrogens is 3. The van der Waals surface area contributed by atoms with Crippen molar-refractivity contribution in [3.63, 3.8) is 0 Å². The van der Waals surface area contributed by atoms with E-state index < -0.39 is 0 Å². The molecule has 1 saturated heterocycles. The zero-order valence-electron chi connectivity index (χ0n) is 17.9. The lowest BCUT2D eigenvalue weighted by Gasteiger charge is -2.37. The molecule has 2 fully saturated rings. The third-order valence-corrected chi connectivity index (χ3v) is 7.03. The van der Waals surface area contributed by atoms with Crippen LogP contribution in [0.4, 0.5) is 11.5 Å². The van der Waals surface area contributed by atoms with Crippen LogP contribution in [0.15, 0.2) is 43.1 Å². The summed E-state index contributed by atoms with van der Waals surface area (Å²) in [4.78, 5) is 27.5. The average Bonchev–Trinajstić information content (AvgIpc) is 3.61. The van der Waals surface area contributed by atoms with Crippen LogP contribution in [0.2, 0.25) is 5.02 Å². The average molecular weight is 446 g/mol. The van der Waals surface area contributed by atoms with Gasteiger partial charge in [0.15, 0.2) is 0 Å². The lowest BCUT2D eigenvalue weighted by atomic mass is 9.81. The van der Waals surface area contributed by atoms with Gasteiger partial charge < -0.3 is 10.2 Å². The highest BCUT2D eigenvalue weighted by atomic mass is 35.5. The number of hydrogen-bond acceptors (Lipinski definition) is 5. The van der Waals surface area contributed by atoms with Gasteiger partial charge >= 0.3 is 0 Å². The van der Waals surface area contributed by atoms with E-state index in [1.807, 2.05) is 12.1 Å². The molecule has 0 spiro atoms. The van der Waals surface area contributed by atoms with Crippen LogP contribution < -0.4 is 10.2 Å². The molecule has 0 radical (unpaired) electrons. The Kier molecular flexibility index (Phi) is 5.22. The van der Waals surface area contributed by atoms with Gasteiger partial charge in [0.2, 0.25) is 5.91 Å². The van der Waals surface area contributed by atoms with E-state index in [4.69, 9.17) is 18.0 Å². The predicted molar refractivity (Wildman–Crippen MR) is 127 cm³/mol. The van der Waals surface area contributed by atoms with Gasteiger partial charge in [-0.2, -0.15) is 0 Å². The number of nitrogens with one attached hydrogen (secondary N) is 1. The molecule has 2 aliphatic rings. The van der Waals surface area contributed by atoms with Gasteiger partial charge in [0.1, 0.15) is 12.1 Å². The van der Waals surface area contributed by atoms with E-state index in [1.165, 1.54) is 6.33 Å². The molecule has 32 heavy (non-hydrogen) atoms. The Morgan fingerprint density at radius 1 is 1.19 bits per heavy atom. The first-order valence-corrected chi connectivity index (χ1v) is 11.2. The highest BCUT2D eigenvalue weighted by Crippen LogP contribution is 2.47. The molecule has 3 aromatic rings. The number of piperidine rings is 1. The van der Waals surface area contributed by atoms with Crippen LogP contribution in [0.5, 0.6) is 0 Å². The van der Waals surface area contributed by atoms with Gasteiger partial charge in [0.05, 0.1) is 10.7 Å². The molecule has 0 bridgehead atoms. The van der Waals surface area contributed by atoms with Crippen molar-refractivity contribution in [1.82, 2.24) is 15.0 Å². The number of amides is 1. The summed E-state index contributed by atoms with van der Waals surface area (Å²) < 4.78 is 0. The quantitative estimate of drug-likeness (QED) is 0.591. The van der Waals surface area contributed by atoms with Gasteiger partial charge in [-0.25, -0.2) is 15.0 Å². The van der Waals surface area contributed by atoms with Gasteiger partial charge in [0.25, 0.3) is 0 Å². The topological polar surface area (TPSA) is 71.0 Å². The Balaban J connectivity index is 1.32. The molecule has 7 heteroatoms. The maximum absolute atomic E-state index is 12.7. The molecular weight excluding hydrogens is 422 g/mol. The van der Waals surface area contributed by atoms with E-state index in [2.05, 4.69) is 44.1 Å². The van der Waals surface area contributed by atoms with Crippen LogP contribution in [0, 0.1) is 23.7 Å². The molecule has 2 aromatic heterocycles. The summed E-state index contributed by atoms with van der Waals surface area (Å²) in [5.74, 6) is 3.56. The summed E-state index contributed by atoms with van der Waals surface area (Å²) in [6.07, 6.45) is 15.2. The number of terminal acetylenes is 1. The van der Waals surface area contributed by atoms with Crippen molar-refractivity contribution >= 4 is 39.8 Å². The highest BCUT2D eigenvalue weighted by molar-refractivity contribution is 6.34. The number of hydrogen-bond donors (Lipinski definition) is 1. The molecule has 2 atom stereocenters. The fourth-order valence-corrected chi connectivity index (χ4v) is 4.72. The third-order valence-electron chi connectivity index (χ3n) is 6.73. The Hall–Kier alpha value is -3.17. The van der Waals surface area contributed by atoms with E-state index in [9.17, 15) is 4.79 Å². The number of nitrogens with zero attached hydrogens (tertiary/aromatic N) is 4. The van der Waals surface area contributed by atoms with E-state index >= 15 is 0 Å². The van der Waals surface area contributed by atoms with Gasteiger partial charge in [-0.05, 0) is 61.3 Å². The lowest BCUT2D eigenvalue weighted by molar-refractivity contribution is -0.117. The zero-order chi connectivity index (χ0) is 22.3. The molecule has 1 aliphatic heterocycles. The predicted octanol–water partition coefficient (Wildman–Crippen LogP) is 4.66. The second-order valence-electron chi connectivity index (χ2n) is 9.02. The Bertz CT molecular complexity index is 1210. The fourth-order valence-electron chi connectivity index (χ4n) is 4.42. The van der Waals surface area contributed by atoms with Crippen molar-refractivity contribution in [2.45, 2.75) is 32.1 Å². The maximum Gasteiger partial charge on any atom is 0.229 e. The van der Waals surface area contributed by atoms with Crippen LogP contribution in [0.1, 0.15) is 37.7 Å². The SMILES string of the molecule is C#CC1(C)CCN(c2cc3cc(NC(=O)[C@@H]4C[C@H]4c4cncnc4)ncc3cc2Cl)CC1. The van der Waals surface area contributed by atoms with Crippen molar-refractivity contribution in [2.75, 3.05) is 23.3 Å². The first kappa shape index (κ1) is 20.7. The molecule has 1 aromatic carbocycles. The Morgan fingerprint density at radius 3 is 2.66 bits per heavy atom. The fraction of sp³-hybridized carbons (Fsp3) is 0.360. The van der Waals surface area contributed by atoms with E-state index in [1.54, 1.807) is 18.6 Å². The van der Waals surface area contributed by atoms with E-state index in [-0.39, 0.29) is 23.2 Å². The lowest BCUT2D eigenvalue weighted by Crippen LogP contribution is -2.38. The minimum atomic E-state index is -0.0712. The molecular formula is C25H24ClN5O. The molecule has 0 unspecified atom stereocenters. The number of fused-ring (bicyclic) bond motifs is 1. The number of benzene rings is 1. The van der Waals surface area contributed by atoms with E-state index in [0.717, 1.165) is 54.4 Å². The van der Waals surface area contributed by atoms with Crippen LogP contribution in [-0.4, -0.2) is 33.9 Å². The summed E-state index contributed by atoms with van der Waals surface area (Å²) >= 11 is 6.60. The minimum absolute atomic E-state index is 0.0236. The maximum atomic E-state index is 12.7. The summed E-state index contributed by atoms with van der Waals surface area (Å²) in [7, 11) is 0. The molecule has 162 valence electrons. The molecule has 6 nitrogen and oxygen atoms in total. The highest BCUT2D eigenvalue weighted by Gasteiger charge is 2.44. The number of rotatable bonds is 4. The summed E-state index contributed by atoms with van der Waals surface area (Å²) in [6.45, 7) is 3.88. The molecule has 1 N–H and O–H groups in total. The number of anilines is 2. The van der Waals surface area contributed by atoms with Crippen LogP contribution in [0.25, 0.3) is 10.8 Å². The second-order valence-corrected chi connectivity index (χ2v) is 9.43. The van der Waals surface area contributed by atoms with Gasteiger partial charge in [0, 0.05) is 48.4 Å². The summed E-state index contributed by atoms with van der Waals surface area (Å²) in [5, 5.41) is 5.60. The standard InChI is InChI=1S/C25H24ClN5O/c1-3-25(2)4-6-31(7-5-25)22-9-16-10-23(29-14-17(16)8-21(22)26)30-24(32)20-11-19(20)18-12-27-15-28-13-18/h1,8-10,12-15,19-20H,4-7,11H2,2H3,(H,29,30,32)/t19-,20+/m0/s1. The molecule has 3 heterocycles. The van der Waals surface area contributed by atoms with Crippen LogP contribution >= 0.6 is 11.6 Å². The van der Waals surface area contributed by atoms with Crippen molar-refractivity contribution < 1.29 is 4.79 Å².